The van der Waals surface area contributed by atoms with Crippen LogP contribution < -0.4 is 5.73 Å². The largest absolute Gasteiger partial charge is 0.383 e. The lowest BCUT2D eigenvalue weighted by molar-refractivity contribution is 0.867. The van der Waals surface area contributed by atoms with Crippen LogP contribution in [0.1, 0.15) is 30.9 Å². The summed E-state index contributed by atoms with van der Waals surface area (Å²) in [5.41, 5.74) is 10.4. The van der Waals surface area contributed by atoms with E-state index in [0.717, 1.165) is 22.0 Å². The van der Waals surface area contributed by atoms with Gasteiger partial charge in [0.25, 0.3) is 0 Å². The molecule has 0 bridgehead atoms. The Hall–Kier alpha value is -2.42. The van der Waals surface area contributed by atoms with Crippen LogP contribution in [0.15, 0.2) is 42.5 Å². The van der Waals surface area contributed by atoms with Crippen molar-refractivity contribution in [1.82, 2.24) is 9.97 Å². The maximum atomic E-state index is 6.09. The van der Waals surface area contributed by atoms with E-state index in [1.165, 1.54) is 5.56 Å². The molecule has 0 aliphatic carbocycles. The second kappa shape index (κ2) is 5.17. The Bertz CT molecular complexity index is 789. The maximum absolute atomic E-state index is 6.09. The number of nitrogens with two attached hydrogens (primary N) is 1. The molecule has 0 radical (unpaired) electrons. The molecule has 3 nitrogen and oxygen atoms in total. The van der Waals surface area contributed by atoms with Gasteiger partial charge in [0, 0.05) is 10.9 Å². The van der Waals surface area contributed by atoms with Gasteiger partial charge in [-0.3, -0.25) is 0 Å². The van der Waals surface area contributed by atoms with Crippen LogP contribution in [0.3, 0.4) is 0 Å². The first-order chi connectivity index (χ1) is 10.1. The van der Waals surface area contributed by atoms with Crippen LogP contribution in [0.2, 0.25) is 0 Å². The van der Waals surface area contributed by atoms with Crippen molar-refractivity contribution in [2.45, 2.75) is 26.7 Å². The lowest BCUT2D eigenvalue weighted by Crippen LogP contribution is -1.99. The first-order valence-corrected chi connectivity index (χ1v) is 7.19. The molecule has 0 amide bonds. The summed E-state index contributed by atoms with van der Waals surface area (Å²) in [6, 6.07) is 14.4. The van der Waals surface area contributed by atoms with Gasteiger partial charge in [0.05, 0.1) is 5.52 Å². The number of fused-ring (bicyclic) bond motifs is 1. The number of benzene rings is 2. The summed E-state index contributed by atoms with van der Waals surface area (Å²) in [6.45, 7) is 6.41. The predicted molar refractivity (Wildman–Crippen MR) is 88.2 cm³/mol. The fourth-order valence-electron chi connectivity index (χ4n) is 2.47. The van der Waals surface area contributed by atoms with E-state index in [1.54, 1.807) is 0 Å². The van der Waals surface area contributed by atoms with Crippen molar-refractivity contribution in [3.63, 3.8) is 0 Å². The van der Waals surface area contributed by atoms with Gasteiger partial charge in [-0.15, -0.1) is 0 Å². The topological polar surface area (TPSA) is 51.8 Å². The molecule has 3 heteroatoms. The molecule has 0 atom stereocenters. The van der Waals surface area contributed by atoms with Gasteiger partial charge in [-0.1, -0.05) is 50.2 Å². The molecule has 2 aromatic carbocycles. The Morgan fingerprint density at radius 2 is 1.67 bits per heavy atom. The fraction of sp³-hybridized carbons (Fsp3) is 0.222. The van der Waals surface area contributed by atoms with Crippen LogP contribution in [0.4, 0.5) is 5.82 Å². The van der Waals surface area contributed by atoms with Crippen molar-refractivity contribution in [2.24, 2.45) is 0 Å². The molecule has 0 saturated carbocycles. The third kappa shape index (κ3) is 2.47. The standard InChI is InChI=1S/C18H19N3/c1-11(2)13-7-9-14(10-8-13)18-20-16-12(3)5-4-6-15(16)17(19)21-18/h4-11H,1-3H3,(H2,19,20,21). The van der Waals surface area contributed by atoms with E-state index in [1.807, 2.05) is 25.1 Å². The number of anilines is 1. The van der Waals surface area contributed by atoms with Gasteiger partial charge in [0.15, 0.2) is 5.82 Å². The molecule has 3 aromatic rings. The van der Waals surface area contributed by atoms with Crippen LogP contribution in [0.5, 0.6) is 0 Å². The summed E-state index contributed by atoms with van der Waals surface area (Å²) in [5, 5.41) is 0.914. The molecule has 1 heterocycles. The molecule has 3 rings (SSSR count). The van der Waals surface area contributed by atoms with E-state index >= 15 is 0 Å². The minimum atomic E-state index is 0.517. The van der Waals surface area contributed by atoms with E-state index in [2.05, 4.69) is 48.1 Å². The number of nitrogens with zero attached hydrogens (tertiary/aromatic N) is 2. The molecular formula is C18H19N3. The van der Waals surface area contributed by atoms with E-state index < -0.39 is 0 Å². The number of rotatable bonds is 2. The van der Waals surface area contributed by atoms with Crippen LogP contribution in [0.25, 0.3) is 22.3 Å². The van der Waals surface area contributed by atoms with Crippen molar-refractivity contribution >= 4 is 16.7 Å². The highest BCUT2D eigenvalue weighted by atomic mass is 14.9. The summed E-state index contributed by atoms with van der Waals surface area (Å²) in [5.74, 6) is 1.74. The van der Waals surface area contributed by atoms with Crippen molar-refractivity contribution in [2.75, 3.05) is 5.73 Å². The Labute approximate surface area is 124 Å². The highest BCUT2D eigenvalue weighted by Gasteiger charge is 2.09. The van der Waals surface area contributed by atoms with Gasteiger partial charge in [0.2, 0.25) is 0 Å². The molecule has 0 spiro atoms. The molecule has 21 heavy (non-hydrogen) atoms. The van der Waals surface area contributed by atoms with Gasteiger partial charge in [-0.05, 0) is 30.0 Å². The molecule has 0 aliphatic heterocycles. The molecule has 0 fully saturated rings. The number of para-hydroxylation sites is 1. The van der Waals surface area contributed by atoms with Gasteiger partial charge in [0.1, 0.15) is 5.82 Å². The molecular weight excluding hydrogens is 258 g/mol. The monoisotopic (exact) mass is 277 g/mol. The molecule has 2 N–H and O–H groups in total. The third-order valence-corrected chi connectivity index (χ3v) is 3.79. The highest BCUT2D eigenvalue weighted by Crippen LogP contribution is 2.26. The lowest BCUT2D eigenvalue weighted by Gasteiger charge is -2.09. The first kappa shape index (κ1) is 13.6. The minimum Gasteiger partial charge on any atom is -0.383 e. The van der Waals surface area contributed by atoms with Crippen LogP contribution in [0, 0.1) is 6.92 Å². The van der Waals surface area contributed by atoms with Gasteiger partial charge >= 0.3 is 0 Å². The normalized spacial score (nSPS) is 11.2. The molecule has 0 aliphatic rings. The number of aryl methyl sites for hydroxylation is 1. The smallest absolute Gasteiger partial charge is 0.162 e. The average Bonchev–Trinajstić information content (AvgIpc) is 2.48. The minimum absolute atomic E-state index is 0.517. The van der Waals surface area contributed by atoms with Gasteiger partial charge in [-0.25, -0.2) is 9.97 Å². The second-order valence-corrected chi connectivity index (χ2v) is 5.68. The number of hydrogen-bond donors (Lipinski definition) is 1. The van der Waals surface area contributed by atoms with E-state index in [4.69, 9.17) is 5.73 Å². The Kier molecular flexibility index (Phi) is 3.34. The van der Waals surface area contributed by atoms with Crippen LogP contribution in [-0.4, -0.2) is 9.97 Å². The lowest BCUT2D eigenvalue weighted by atomic mass is 10.0. The van der Waals surface area contributed by atoms with Crippen molar-refractivity contribution in [3.05, 3.63) is 53.6 Å². The maximum Gasteiger partial charge on any atom is 0.162 e. The van der Waals surface area contributed by atoms with Crippen LogP contribution >= 0.6 is 0 Å². The SMILES string of the molecule is Cc1cccc2c(N)nc(-c3ccc(C(C)C)cc3)nc12. The summed E-state index contributed by atoms with van der Waals surface area (Å²) in [4.78, 5) is 9.14. The fourth-order valence-corrected chi connectivity index (χ4v) is 2.47. The summed E-state index contributed by atoms with van der Waals surface area (Å²) >= 11 is 0. The molecule has 0 unspecified atom stereocenters. The second-order valence-electron chi connectivity index (χ2n) is 5.68. The van der Waals surface area contributed by atoms with Gasteiger partial charge in [-0.2, -0.15) is 0 Å². The highest BCUT2D eigenvalue weighted by molar-refractivity contribution is 5.91. The third-order valence-electron chi connectivity index (χ3n) is 3.79. The Balaban J connectivity index is 2.14. The summed E-state index contributed by atoms with van der Waals surface area (Å²) in [7, 11) is 0. The number of aromatic nitrogens is 2. The summed E-state index contributed by atoms with van der Waals surface area (Å²) < 4.78 is 0. The zero-order valence-electron chi connectivity index (χ0n) is 12.6. The van der Waals surface area contributed by atoms with Gasteiger partial charge < -0.3 is 5.73 Å². The summed E-state index contributed by atoms with van der Waals surface area (Å²) in [6.07, 6.45) is 0. The molecule has 0 saturated heterocycles. The van der Waals surface area contributed by atoms with E-state index in [0.29, 0.717) is 17.6 Å². The van der Waals surface area contributed by atoms with E-state index in [-0.39, 0.29) is 0 Å². The Morgan fingerprint density at radius 1 is 0.952 bits per heavy atom. The Morgan fingerprint density at radius 3 is 2.33 bits per heavy atom. The van der Waals surface area contributed by atoms with Crippen molar-refractivity contribution in [1.29, 1.82) is 0 Å². The molecule has 1 aromatic heterocycles. The zero-order valence-corrected chi connectivity index (χ0v) is 12.6. The zero-order chi connectivity index (χ0) is 15.0. The number of hydrogen-bond acceptors (Lipinski definition) is 3. The van der Waals surface area contributed by atoms with Crippen LogP contribution in [-0.2, 0) is 0 Å². The van der Waals surface area contributed by atoms with Crippen molar-refractivity contribution < 1.29 is 0 Å². The quantitative estimate of drug-likeness (QED) is 0.759. The van der Waals surface area contributed by atoms with Crippen molar-refractivity contribution in [3.8, 4) is 11.4 Å². The predicted octanol–water partition coefficient (Wildman–Crippen LogP) is 4.31. The number of nitrogen functional groups attached to an aromatic ring is 1. The van der Waals surface area contributed by atoms with E-state index in [9.17, 15) is 0 Å². The first-order valence-electron chi connectivity index (χ1n) is 7.19. The average molecular weight is 277 g/mol. The molecule has 106 valence electrons.